The summed E-state index contributed by atoms with van der Waals surface area (Å²) in [6.45, 7) is -0.122. The van der Waals surface area contributed by atoms with Gasteiger partial charge in [-0.3, -0.25) is 0 Å². The molecule has 16 rings (SSSR count). The van der Waals surface area contributed by atoms with Crippen molar-refractivity contribution >= 4 is 79.0 Å². The van der Waals surface area contributed by atoms with Crippen LogP contribution in [0.5, 0.6) is 0 Å². The summed E-state index contributed by atoms with van der Waals surface area (Å²) >= 11 is 0. The summed E-state index contributed by atoms with van der Waals surface area (Å²) in [5.41, 5.74) is 24.3. The first kappa shape index (κ1) is 50.8. The third kappa shape index (κ3) is 8.61. The zero-order valence-corrected chi connectivity index (χ0v) is 46.5. The van der Waals surface area contributed by atoms with E-state index in [2.05, 4.69) is 269 Å². The van der Waals surface area contributed by atoms with Gasteiger partial charge >= 0.3 is 6.18 Å². The summed E-state index contributed by atoms with van der Waals surface area (Å²) in [6, 6.07) is 108. The maximum absolute atomic E-state index is 14.3. The summed E-state index contributed by atoms with van der Waals surface area (Å²) in [5, 5.41) is 2.06. The number of aromatic nitrogens is 1. The van der Waals surface area contributed by atoms with Crippen LogP contribution in [0.3, 0.4) is 0 Å². The van der Waals surface area contributed by atoms with Gasteiger partial charge in [-0.15, -0.1) is 0 Å². The first-order valence-corrected chi connectivity index (χ1v) is 29.1. The maximum Gasteiger partial charge on any atom is 0.416 e. The lowest BCUT2D eigenvalue weighted by atomic mass is 9.33. The Morgan fingerprint density at radius 1 is 0.267 bits per heavy atom. The van der Waals surface area contributed by atoms with Gasteiger partial charge in [0.05, 0.1) is 22.3 Å². The smallest absolute Gasteiger partial charge is 0.311 e. The molecule has 13 aromatic carbocycles. The van der Waals surface area contributed by atoms with Crippen molar-refractivity contribution in [3.05, 3.63) is 315 Å². The molecular formula is C79H51BF3N3. The van der Waals surface area contributed by atoms with Crippen molar-refractivity contribution in [2.75, 3.05) is 9.80 Å². The number of hydrogen-bond donors (Lipinski definition) is 0. The molecule has 0 aliphatic carbocycles. The molecule has 0 bridgehead atoms. The first-order chi connectivity index (χ1) is 42.3. The number of benzene rings is 13. The molecule has 3 nitrogen and oxygen atoms in total. The zero-order chi connectivity index (χ0) is 57.5. The van der Waals surface area contributed by atoms with E-state index in [1.165, 1.54) is 28.5 Å². The number of rotatable bonds is 9. The highest BCUT2D eigenvalue weighted by Crippen LogP contribution is 2.49. The molecule has 3 heterocycles. The predicted molar refractivity (Wildman–Crippen MR) is 352 cm³/mol. The van der Waals surface area contributed by atoms with Crippen LogP contribution in [0.4, 0.5) is 47.3 Å². The zero-order valence-electron chi connectivity index (χ0n) is 46.5. The SMILES string of the molecule is FC(F)(F)c1cccc(-c2ccccc2-n2c3ccccc3c3cc(-c4cc5c6c(c4)N(c4cc(-c7ccccc7)cc(-c7ccccc7)c4)c4ccccc4B6c4ccccc4N5c4cc(-c5ccccc5)cc(-c5ccccc5)c4)ccc32)c1. The topological polar surface area (TPSA) is 11.4 Å². The normalized spacial score (nSPS) is 12.5. The van der Waals surface area contributed by atoms with E-state index >= 15 is 0 Å². The third-order valence-electron chi connectivity index (χ3n) is 17.3. The lowest BCUT2D eigenvalue weighted by molar-refractivity contribution is -0.137. The van der Waals surface area contributed by atoms with Crippen molar-refractivity contribution in [1.29, 1.82) is 0 Å². The van der Waals surface area contributed by atoms with E-state index in [4.69, 9.17) is 0 Å². The van der Waals surface area contributed by atoms with Crippen LogP contribution in [0.25, 0.3) is 94.3 Å². The molecular weight excluding hydrogens is 1060 g/mol. The van der Waals surface area contributed by atoms with E-state index in [0.29, 0.717) is 11.1 Å². The number of fused-ring (bicyclic) bond motifs is 7. The van der Waals surface area contributed by atoms with Gasteiger partial charge in [0.1, 0.15) is 0 Å². The van der Waals surface area contributed by atoms with Gasteiger partial charge in [-0.25, -0.2) is 0 Å². The molecule has 0 radical (unpaired) electrons. The minimum atomic E-state index is -4.49. The van der Waals surface area contributed by atoms with Crippen molar-refractivity contribution in [1.82, 2.24) is 4.57 Å². The van der Waals surface area contributed by atoms with Gasteiger partial charge in [0.15, 0.2) is 0 Å². The van der Waals surface area contributed by atoms with Gasteiger partial charge in [-0.2, -0.15) is 13.2 Å². The first-order valence-electron chi connectivity index (χ1n) is 29.1. The Labute approximate surface area is 497 Å². The van der Waals surface area contributed by atoms with Crippen molar-refractivity contribution in [3.63, 3.8) is 0 Å². The Bertz CT molecular complexity index is 4630. The summed E-state index contributed by atoms with van der Waals surface area (Å²) in [4.78, 5) is 5.01. The van der Waals surface area contributed by atoms with Crippen molar-refractivity contribution in [2.45, 2.75) is 6.18 Å². The van der Waals surface area contributed by atoms with Crippen molar-refractivity contribution in [3.8, 4) is 72.4 Å². The molecule has 0 fully saturated rings. The molecule has 0 spiro atoms. The average Bonchev–Trinajstić information content (AvgIpc) is 1.71. The number of halogens is 3. The number of nitrogens with zero attached hydrogens (tertiary/aromatic N) is 3. The van der Waals surface area contributed by atoms with Crippen LogP contribution in [-0.2, 0) is 6.18 Å². The van der Waals surface area contributed by atoms with Gasteiger partial charge in [-0.1, -0.05) is 212 Å². The Hall–Kier alpha value is -10.9. The fourth-order valence-corrected chi connectivity index (χ4v) is 13.5. The molecule has 0 N–H and O–H groups in total. The fourth-order valence-electron chi connectivity index (χ4n) is 13.5. The lowest BCUT2D eigenvalue weighted by Gasteiger charge is -2.44. The van der Waals surface area contributed by atoms with E-state index in [0.717, 1.165) is 123 Å². The second kappa shape index (κ2) is 20.5. The van der Waals surface area contributed by atoms with Gasteiger partial charge in [-0.05, 0) is 175 Å². The van der Waals surface area contributed by atoms with Gasteiger partial charge < -0.3 is 14.4 Å². The summed E-state index contributed by atoms with van der Waals surface area (Å²) in [7, 11) is 0. The number of hydrogen-bond acceptors (Lipinski definition) is 2. The van der Waals surface area contributed by atoms with Crippen molar-refractivity contribution < 1.29 is 13.2 Å². The average molecular weight is 1110 g/mol. The van der Waals surface area contributed by atoms with E-state index in [9.17, 15) is 13.2 Å². The standard InChI is InChI=1S/C79H51BF3N3/c81-79(82,83)63-31-21-30-57(44-63)66-32-13-17-36-71(66)86-72-37-18-14-33-67(72)68-49-56(40-41-73(68)86)62-50-76-78-77(51-62)85(65-47-60(54-26-9-3-10-27-54)43-61(48-65)55-28-11-4-12-29-55)75-39-20-16-35-70(75)80(78)69-34-15-19-38-74(69)84(76)64-45-58(52-22-5-1-6-23-52)42-59(46-64)53-24-7-2-8-25-53/h1-51H. The van der Waals surface area contributed by atoms with Crippen LogP contribution < -0.4 is 26.2 Å². The molecule has 0 saturated carbocycles. The Morgan fingerprint density at radius 3 is 1.20 bits per heavy atom. The summed E-state index contributed by atoms with van der Waals surface area (Å²) < 4.78 is 45.0. The van der Waals surface area contributed by atoms with E-state index in [1.54, 1.807) is 6.07 Å². The van der Waals surface area contributed by atoms with E-state index < -0.39 is 11.7 Å². The lowest BCUT2D eigenvalue weighted by Crippen LogP contribution is -2.61. The van der Waals surface area contributed by atoms with E-state index in [1.807, 2.05) is 30.3 Å². The molecule has 14 aromatic rings. The molecule has 7 heteroatoms. The molecule has 0 saturated heterocycles. The second-order valence-corrected chi connectivity index (χ2v) is 22.3. The molecule has 0 unspecified atom stereocenters. The van der Waals surface area contributed by atoms with Crippen LogP contribution in [0.15, 0.2) is 309 Å². The highest BCUT2D eigenvalue weighted by Gasteiger charge is 2.44. The van der Waals surface area contributed by atoms with Crippen LogP contribution >= 0.6 is 0 Å². The van der Waals surface area contributed by atoms with Gasteiger partial charge in [0.2, 0.25) is 0 Å². The van der Waals surface area contributed by atoms with Crippen LogP contribution in [0, 0.1) is 0 Å². The summed E-state index contributed by atoms with van der Waals surface area (Å²) in [5.74, 6) is 0. The predicted octanol–water partition coefficient (Wildman–Crippen LogP) is 19.9. The number of anilines is 6. The highest BCUT2D eigenvalue weighted by molar-refractivity contribution is 7.00. The van der Waals surface area contributed by atoms with Gasteiger partial charge in [0, 0.05) is 50.5 Å². The molecule has 0 atom stereocenters. The number of para-hydroxylation sites is 4. The largest absolute Gasteiger partial charge is 0.416 e. The Morgan fingerprint density at radius 2 is 0.686 bits per heavy atom. The minimum Gasteiger partial charge on any atom is -0.311 e. The van der Waals surface area contributed by atoms with Crippen molar-refractivity contribution in [2.24, 2.45) is 0 Å². The van der Waals surface area contributed by atoms with Crippen LogP contribution in [-0.4, -0.2) is 11.3 Å². The maximum atomic E-state index is 14.3. The molecule has 1 aromatic heterocycles. The molecule has 2 aliphatic heterocycles. The quantitative estimate of drug-likeness (QED) is 0.133. The second-order valence-electron chi connectivity index (χ2n) is 22.3. The Kier molecular flexibility index (Phi) is 12.1. The number of alkyl halides is 3. The molecule has 86 heavy (non-hydrogen) atoms. The van der Waals surface area contributed by atoms with Crippen LogP contribution in [0.2, 0.25) is 0 Å². The Balaban J connectivity index is 0.979. The van der Waals surface area contributed by atoms with E-state index in [-0.39, 0.29) is 6.71 Å². The summed E-state index contributed by atoms with van der Waals surface area (Å²) in [6.07, 6.45) is -4.49. The minimum absolute atomic E-state index is 0.122. The molecule has 2 aliphatic rings. The highest BCUT2D eigenvalue weighted by atomic mass is 19.4. The van der Waals surface area contributed by atoms with Crippen LogP contribution in [0.1, 0.15) is 5.56 Å². The third-order valence-corrected chi connectivity index (χ3v) is 17.3. The molecule has 406 valence electrons. The monoisotopic (exact) mass is 1110 g/mol. The fraction of sp³-hybridized carbons (Fsp3) is 0.0127. The molecule has 0 amide bonds. The van der Waals surface area contributed by atoms with Gasteiger partial charge in [0.25, 0.3) is 6.71 Å².